The molecule has 114 valence electrons. The van der Waals surface area contributed by atoms with Crippen LogP contribution in [-0.4, -0.2) is 94.6 Å². The maximum atomic E-state index is 11.4. The number of nitrogens with one attached hydrogen (secondary N) is 1. The minimum absolute atomic E-state index is 0.443. The zero-order valence-corrected chi connectivity index (χ0v) is 12.5. The molecule has 2 N–H and O–H groups in total. The average Bonchev–Trinajstić information content (AvgIpc) is 2.34. The second kappa shape index (κ2) is 8.13. The molecule has 1 aliphatic heterocycles. The molecule has 0 spiro atoms. The van der Waals surface area contributed by atoms with Crippen molar-refractivity contribution in [2.75, 3.05) is 65.8 Å². The molecule has 0 bridgehead atoms. The fourth-order valence-corrected chi connectivity index (χ4v) is 2.88. The lowest BCUT2D eigenvalue weighted by Gasteiger charge is -2.34. The van der Waals surface area contributed by atoms with Crippen molar-refractivity contribution < 1.29 is 18.3 Å². The Hall–Kier alpha value is -0.250. The fraction of sp³-hybridized carbons (Fsp3) is 1.00. The Labute approximate surface area is 115 Å². The molecule has 0 aliphatic carbocycles. The third-order valence-corrected chi connectivity index (χ3v) is 4.44. The van der Waals surface area contributed by atoms with Gasteiger partial charge in [0.05, 0.1) is 19.0 Å². The first kappa shape index (κ1) is 16.8. The first-order valence-electron chi connectivity index (χ1n) is 6.48. The molecule has 7 nitrogen and oxygen atoms in total. The van der Waals surface area contributed by atoms with Gasteiger partial charge in [0, 0.05) is 52.9 Å². The molecule has 1 heterocycles. The molecule has 0 aromatic carbocycles. The number of nitrogens with zero attached hydrogens (tertiary/aromatic N) is 2. The summed E-state index contributed by atoms with van der Waals surface area (Å²) in [4.78, 5) is 2.09. The van der Waals surface area contributed by atoms with Gasteiger partial charge in [-0.2, -0.15) is 4.31 Å². The summed E-state index contributed by atoms with van der Waals surface area (Å²) in [7, 11) is -1.44. The highest BCUT2D eigenvalue weighted by Crippen LogP contribution is 2.06. The van der Waals surface area contributed by atoms with E-state index in [2.05, 4.69) is 10.2 Å². The summed E-state index contributed by atoms with van der Waals surface area (Å²) in [5.41, 5.74) is 0. The molecule has 19 heavy (non-hydrogen) atoms. The molecular formula is C11H25N3O4S. The van der Waals surface area contributed by atoms with Crippen molar-refractivity contribution in [3.63, 3.8) is 0 Å². The van der Waals surface area contributed by atoms with E-state index in [-0.39, 0.29) is 0 Å². The van der Waals surface area contributed by atoms with E-state index < -0.39 is 16.1 Å². The van der Waals surface area contributed by atoms with Crippen molar-refractivity contribution in [1.82, 2.24) is 14.5 Å². The minimum atomic E-state index is -3.08. The average molecular weight is 295 g/mol. The number of ether oxygens (including phenoxy) is 1. The number of methoxy groups -OCH3 is 1. The summed E-state index contributed by atoms with van der Waals surface area (Å²) in [6, 6.07) is 0. The van der Waals surface area contributed by atoms with Crippen LogP contribution in [0.2, 0.25) is 0 Å². The van der Waals surface area contributed by atoms with Gasteiger partial charge in [-0.1, -0.05) is 0 Å². The summed E-state index contributed by atoms with van der Waals surface area (Å²) in [6.45, 7) is 4.78. The van der Waals surface area contributed by atoms with Gasteiger partial charge in [0.1, 0.15) is 0 Å². The van der Waals surface area contributed by atoms with E-state index in [1.165, 1.54) is 10.6 Å². The highest BCUT2D eigenvalue weighted by Gasteiger charge is 2.24. The van der Waals surface area contributed by atoms with Gasteiger partial charge in [-0.3, -0.25) is 4.90 Å². The Morgan fingerprint density at radius 3 is 2.47 bits per heavy atom. The first-order valence-corrected chi connectivity index (χ1v) is 8.33. The van der Waals surface area contributed by atoms with E-state index in [9.17, 15) is 13.5 Å². The van der Waals surface area contributed by atoms with E-state index in [0.717, 1.165) is 6.54 Å². The van der Waals surface area contributed by atoms with Gasteiger partial charge in [0.15, 0.2) is 0 Å². The zero-order chi connectivity index (χ0) is 14.3. The largest absolute Gasteiger partial charge is 0.390 e. The van der Waals surface area contributed by atoms with Crippen LogP contribution in [0.4, 0.5) is 0 Å². The van der Waals surface area contributed by atoms with Gasteiger partial charge < -0.3 is 15.2 Å². The monoisotopic (exact) mass is 295 g/mol. The van der Waals surface area contributed by atoms with Crippen LogP contribution in [0.3, 0.4) is 0 Å². The standard InChI is InChI=1S/C11H25N3O4S/c1-18-8-3-12-9-11(15)10-13-4-6-14(7-5-13)19(2,16)17/h11-12,15H,3-10H2,1-2H3. The summed E-state index contributed by atoms with van der Waals surface area (Å²) >= 11 is 0. The highest BCUT2D eigenvalue weighted by atomic mass is 32.2. The van der Waals surface area contributed by atoms with E-state index in [1.54, 1.807) is 7.11 Å². The predicted octanol–water partition coefficient (Wildman–Crippen LogP) is -1.84. The molecule has 0 amide bonds. The molecule has 1 unspecified atom stereocenters. The van der Waals surface area contributed by atoms with Crippen LogP contribution in [0.1, 0.15) is 0 Å². The third-order valence-electron chi connectivity index (χ3n) is 3.13. The van der Waals surface area contributed by atoms with Crippen molar-refractivity contribution >= 4 is 10.0 Å². The highest BCUT2D eigenvalue weighted by molar-refractivity contribution is 7.88. The van der Waals surface area contributed by atoms with Crippen molar-refractivity contribution in [1.29, 1.82) is 0 Å². The lowest BCUT2D eigenvalue weighted by Crippen LogP contribution is -2.51. The van der Waals surface area contributed by atoms with Crippen LogP contribution in [0.15, 0.2) is 0 Å². The maximum Gasteiger partial charge on any atom is 0.211 e. The smallest absolute Gasteiger partial charge is 0.211 e. The van der Waals surface area contributed by atoms with Crippen molar-refractivity contribution in [2.45, 2.75) is 6.10 Å². The Balaban J connectivity index is 2.18. The maximum absolute atomic E-state index is 11.4. The normalized spacial score (nSPS) is 20.6. The van der Waals surface area contributed by atoms with E-state index in [4.69, 9.17) is 4.74 Å². The van der Waals surface area contributed by atoms with Crippen LogP contribution in [0.25, 0.3) is 0 Å². The summed E-state index contributed by atoms with van der Waals surface area (Å²) < 4.78 is 29.1. The molecule has 1 aliphatic rings. The van der Waals surface area contributed by atoms with Gasteiger partial charge in [-0.15, -0.1) is 0 Å². The minimum Gasteiger partial charge on any atom is -0.390 e. The Kier molecular flexibility index (Phi) is 7.19. The van der Waals surface area contributed by atoms with E-state index in [1.807, 2.05) is 0 Å². The number of rotatable bonds is 8. The Bertz CT molecular complexity index is 342. The topological polar surface area (TPSA) is 82.1 Å². The van der Waals surface area contributed by atoms with Gasteiger partial charge >= 0.3 is 0 Å². The number of β-amino-alcohol motifs (C(OH)–C–C–N with tert-alkyl or cyclic N) is 1. The van der Waals surface area contributed by atoms with E-state index in [0.29, 0.717) is 45.9 Å². The SMILES string of the molecule is COCCNCC(O)CN1CCN(S(C)(=O)=O)CC1. The second-order valence-corrected chi connectivity index (χ2v) is 6.80. The van der Waals surface area contributed by atoms with Crippen molar-refractivity contribution in [3.05, 3.63) is 0 Å². The molecular weight excluding hydrogens is 270 g/mol. The van der Waals surface area contributed by atoms with Crippen LogP contribution in [0, 0.1) is 0 Å². The van der Waals surface area contributed by atoms with Crippen LogP contribution in [0.5, 0.6) is 0 Å². The lowest BCUT2D eigenvalue weighted by atomic mass is 10.3. The molecule has 1 rings (SSSR count). The number of sulfonamides is 1. The Morgan fingerprint density at radius 2 is 1.95 bits per heavy atom. The third kappa shape index (κ3) is 6.64. The van der Waals surface area contributed by atoms with Gasteiger partial charge in [0.25, 0.3) is 0 Å². The second-order valence-electron chi connectivity index (χ2n) is 4.81. The zero-order valence-electron chi connectivity index (χ0n) is 11.7. The Morgan fingerprint density at radius 1 is 1.32 bits per heavy atom. The van der Waals surface area contributed by atoms with Gasteiger partial charge in [-0.05, 0) is 0 Å². The van der Waals surface area contributed by atoms with Gasteiger partial charge in [0.2, 0.25) is 10.0 Å². The van der Waals surface area contributed by atoms with Crippen LogP contribution >= 0.6 is 0 Å². The predicted molar refractivity (Wildman–Crippen MR) is 73.6 cm³/mol. The molecule has 0 aromatic heterocycles. The van der Waals surface area contributed by atoms with Crippen molar-refractivity contribution in [2.24, 2.45) is 0 Å². The van der Waals surface area contributed by atoms with Gasteiger partial charge in [-0.25, -0.2) is 8.42 Å². The summed E-state index contributed by atoms with van der Waals surface area (Å²) in [5.74, 6) is 0. The van der Waals surface area contributed by atoms with Crippen LogP contribution < -0.4 is 5.32 Å². The summed E-state index contributed by atoms with van der Waals surface area (Å²) in [5, 5.41) is 13.0. The molecule has 1 saturated heterocycles. The molecule has 0 aromatic rings. The quantitative estimate of drug-likeness (QED) is 0.512. The van der Waals surface area contributed by atoms with Crippen LogP contribution in [-0.2, 0) is 14.8 Å². The number of hydrogen-bond donors (Lipinski definition) is 2. The van der Waals surface area contributed by atoms with Crippen molar-refractivity contribution in [3.8, 4) is 0 Å². The number of aliphatic hydroxyl groups is 1. The molecule has 0 radical (unpaired) electrons. The molecule has 8 heteroatoms. The summed E-state index contributed by atoms with van der Waals surface area (Å²) in [6.07, 6.45) is 0.790. The molecule has 1 fully saturated rings. The molecule has 0 saturated carbocycles. The van der Waals surface area contributed by atoms with E-state index >= 15 is 0 Å². The first-order chi connectivity index (χ1) is 8.93. The lowest BCUT2D eigenvalue weighted by molar-refractivity contribution is 0.0897. The number of aliphatic hydroxyl groups excluding tert-OH is 1. The molecule has 1 atom stereocenters. The number of piperazine rings is 1. The fourth-order valence-electron chi connectivity index (χ4n) is 2.05. The number of hydrogen-bond acceptors (Lipinski definition) is 6.